The molecule has 2 unspecified atom stereocenters. The average Bonchev–Trinajstić information content (AvgIpc) is 3.09. The van der Waals surface area contributed by atoms with E-state index >= 15 is 0 Å². The zero-order chi connectivity index (χ0) is 22.5. The van der Waals surface area contributed by atoms with Crippen molar-refractivity contribution in [2.24, 2.45) is 7.05 Å². The van der Waals surface area contributed by atoms with Crippen LogP contribution in [-0.4, -0.2) is 46.7 Å². The van der Waals surface area contributed by atoms with Crippen LogP contribution in [0.25, 0.3) is 10.9 Å². The summed E-state index contributed by atoms with van der Waals surface area (Å²) in [4.78, 5) is 36.9. The van der Waals surface area contributed by atoms with E-state index in [0.29, 0.717) is 11.4 Å². The van der Waals surface area contributed by atoms with Crippen molar-refractivity contribution in [3.05, 3.63) is 65.9 Å². The van der Waals surface area contributed by atoms with Crippen LogP contribution in [0.1, 0.15) is 23.0 Å². The van der Waals surface area contributed by atoms with Gasteiger partial charge in [0.05, 0.1) is 7.11 Å². The first-order valence-electron chi connectivity index (χ1n) is 9.81. The fraction of sp³-hybridized carbons (Fsp3) is 0.261. The second-order valence-corrected chi connectivity index (χ2v) is 7.30. The number of amides is 2. The summed E-state index contributed by atoms with van der Waals surface area (Å²) in [5.41, 5.74) is 2.01. The molecule has 0 bridgehead atoms. The lowest BCUT2D eigenvalue weighted by Crippen LogP contribution is -2.51. The number of nitrogens with one attached hydrogen (secondary N) is 2. The summed E-state index contributed by atoms with van der Waals surface area (Å²) in [6, 6.07) is 14.2. The number of carbonyl (C=O) groups excluding carboxylic acids is 2. The monoisotopic (exact) mass is 423 g/mol. The Morgan fingerprint density at radius 2 is 1.77 bits per heavy atom. The first kappa shape index (κ1) is 21.9. The molecule has 3 aromatic rings. The number of hydrogen-bond donors (Lipinski definition) is 3. The van der Waals surface area contributed by atoms with Gasteiger partial charge >= 0.3 is 5.97 Å². The normalized spacial score (nSPS) is 12.7. The molecular weight excluding hydrogens is 398 g/mol. The van der Waals surface area contributed by atoms with E-state index in [4.69, 9.17) is 4.74 Å². The minimum atomic E-state index is -1.14. The maximum atomic E-state index is 12.8. The topological polar surface area (TPSA) is 110 Å². The summed E-state index contributed by atoms with van der Waals surface area (Å²) in [7, 11) is 3.33. The van der Waals surface area contributed by atoms with Crippen molar-refractivity contribution < 1.29 is 24.2 Å². The van der Waals surface area contributed by atoms with Gasteiger partial charge in [0.2, 0.25) is 5.91 Å². The molecule has 0 spiro atoms. The van der Waals surface area contributed by atoms with E-state index in [1.165, 1.54) is 6.92 Å². The summed E-state index contributed by atoms with van der Waals surface area (Å²) in [6.07, 6.45) is 0.146. The second kappa shape index (κ2) is 9.34. The molecule has 0 fully saturated rings. The average molecular weight is 423 g/mol. The van der Waals surface area contributed by atoms with Crippen molar-refractivity contribution in [2.75, 3.05) is 7.11 Å². The largest absolute Gasteiger partial charge is 0.497 e. The number of aryl methyl sites for hydroxylation is 1. The molecule has 0 aliphatic rings. The Labute approximate surface area is 179 Å². The number of ether oxygens (including phenoxy) is 1. The fourth-order valence-electron chi connectivity index (χ4n) is 3.36. The Morgan fingerprint density at radius 1 is 1.06 bits per heavy atom. The van der Waals surface area contributed by atoms with Crippen LogP contribution in [0, 0.1) is 0 Å². The molecule has 1 aromatic heterocycles. The van der Waals surface area contributed by atoms with Gasteiger partial charge in [0.25, 0.3) is 5.91 Å². The quantitative estimate of drug-likeness (QED) is 0.514. The van der Waals surface area contributed by atoms with Gasteiger partial charge in [-0.1, -0.05) is 30.3 Å². The van der Waals surface area contributed by atoms with Crippen LogP contribution in [0.4, 0.5) is 0 Å². The van der Waals surface area contributed by atoms with Crippen LogP contribution < -0.4 is 15.4 Å². The van der Waals surface area contributed by atoms with Crippen molar-refractivity contribution in [2.45, 2.75) is 25.4 Å². The minimum Gasteiger partial charge on any atom is -0.497 e. The maximum Gasteiger partial charge on any atom is 0.326 e. The summed E-state index contributed by atoms with van der Waals surface area (Å²) in [5, 5.41) is 15.4. The molecule has 8 nitrogen and oxygen atoms in total. The smallest absolute Gasteiger partial charge is 0.326 e. The molecule has 0 saturated heterocycles. The third-order valence-corrected chi connectivity index (χ3v) is 5.12. The van der Waals surface area contributed by atoms with E-state index in [1.54, 1.807) is 55.1 Å². The Balaban J connectivity index is 1.68. The van der Waals surface area contributed by atoms with Gasteiger partial charge in [0.1, 0.15) is 23.5 Å². The number of rotatable bonds is 8. The predicted molar refractivity (Wildman–Crippen MR) is 116 cm³/mol. The lowest BCUT2D eigenvalue weighted by molar-refractivity contribution is -0.142. The second-order valence-electron chi connectivity index (χ2n) is 7.30. The van der Waals surface area contributed by atoms with Crippen LogP contribution in [0.5, 0.6) is 5.75 Å². The first-order valence-corrected chi connectivity index (χ1v) is 9.81. The standard InChI is InChI=1S/C23H25N3O5/c1-14(21(27)25-18(23(29)30)11-15-7-5-4-6-8-15)24-22(28)20-13-16-12-17(31-3)9-10-19(16)26(20)2/h4-10,12-14,18H,11H2,1-3H3,(H,24,28)(H,25,27)(H,29,30). The van der Waals surface area contributed by atoms with Crippen molar-refractivity contribution in [3.63, 3.8) is 0 Å². The van der Waals surface area contributed by atoms with Gasteiger partial charge in [-0.3, -0.25) is 9.59 Å². The number of benzene rings is 2. The number of carboxylic acids is 1. The number of methoxy groups -OCH3 is 1. The van der Waals surface area contributed by atoms with Crippen LogP contribution >= 0.6 is 0 Å². The molecule has 3 rings (SSSR count). The van der Waals surface area contributed by atoms with E-state index < -0.39 is 29.9 Å². The number of carboxylic acid groups (broad SMARTS) is 1. The molecule has 3 N–H and O–H groups in total. The zero-order valence-corrected chi connectivity index (χ0v) is 17.6. The highest BCUT2D eigenvalue weighted by Gasteiger charge is 2.25. The Kier molecular flexibility index (Phi) is 6.59. The van der Waals surface area contributed by atoms with Crippen LogP contribution in [-0.2, 0) is 23.1 Å². The van der Waals surface area contributed by atoms with Crippen LogP contribution in [0.2, 0.25) is 0 Å². The highest BCUT2D eigenvalue weighted by Crippen LogP contribution is 2.23. The molecule has 0 aliphatic carbocycles. The molecule has 162 valence electrons. The Bertz CT molecular complexity index is 1110. The molecule has 31 heavy (non-hydrogen) atoms. The predicted octanol–water partition coefficient (Wildman–Crippen LogP) is 2.12. The fourth-order valence-corrected chi connectivity index (χ4v) is 3.36. The lowest BCUT2D eigenvalue weighted by Gasteiger charge is -2.19. The Hall–Kier alpha value is -3.81. The van der Waals surface area contributed by atoms with Crippen LogP contribution in [0.3, 0.4) is 0 Å². The Morgan fingerprint density at radius 3 is 2.42 bits per heavy atom. The number of aliphatic carboxylic acids is 1. The van der Waals surface area contributed by atoms with Gasteiger partial charge in [-0.2, -0.15) is 0 Å². The third-order valence-electron chi connectivity index (χ3n) is 5.12. The van der Waals surface area contributed by atoms with Gasteiger partial charge in [-0.15, -0.1) is 0 Å². The summed E-state index contributed by atoms with van der Waals surface area (Å²) < 4.78 is 6.94. The van der Waals surface area contributed by atoms with E-state index in [9.17, 15) is 19.5 Å². The number of fused-ring (bicyclic) bond motifs is 1. The summed E-state index contributed by atoms with van der Waals surface area (Å²) in [6.45, 7) is 1.51. The zero-order valence-electron chi connectivity index (χ0n) is 17.6. The molecule has 0 aliphatic heterocycles. The SMILES string of the molecule is COc1ccc2c(c1)cc(C(=O)NC(C)C(=O)NC(Cc1ccccc1)C(=O)O)n2C. The third kappa shape index (κ3) is 5.03. The number of carbonyl (C=O) groups is 3. The number of aromatic nitrogens is 1. The minimum absolute atomic E-state index is 0.146. The molecule has 2 aromatic carbocycles. The summed E-state index contributed by atoms with van der Waals surface area (Å²) >= 11 is 0. The molecular formula is C23H25N3O5. The number of nitrogens with zero attached hydrogens (tertiary/aromatic N) is 1. The highest BCUT2D eigenvalue weighted by molar-refractivity contribution is 6.01. The van der Waals surface area contributed by atoms with Crippen molar-refractivity contribution >= 4 is 28.7 Å². The van der Waals surface area contributed by atoms with Crippen molar-refractivity contribution in [1.29, 1.82) is 0 Å². The molecule has 0 radical (unpaired) electrons. The van der Waals surface area contributed by atoms with Gasteiger partial charge in [0, 0.05) is 24.4 Å². The molecule has 1 heterocycles. The number of hydrogen-bond acceptors (Lipinski definition) is 4. The molecule has 8 heteroatoms. The van der Waals surface area contributed by atoms with Crippen LogP contribution in [0.15, 0.2) is 54.6 Å². The maximum absolute atomic E-state index is 12.8. The molecule has 2 atom stereocenters. The van der Waals surface area contributed by atoms with Gasteiger partial charge in [-0.05, 0) is 36.8 Å². The van der Waals surface area contributed by atoms with Crippen molar-refractivity contribution in [3.8, 4) is 5.75 Å². The van der Waals surface area contributed by atoms with E-state index in [1.807, 2.05) is 18.2 Å². The molecule has 0 saturated carbocycles. The van der Waals surface area contributed by atoms with E-state index in [0.717, 1.165) is 16.5 Å². The summed E-state index contributed by atoms with van der Waals surface area (Å²) in [5.74, 6) is -1.47. The molecule has 2 amide bonds. The van der Waals surface area contributed by atoms with Gasteiger partial charge < -0.3 is 25.0 Å². The lowest BCUT2D eigenvalue weighted by atomic mass is 10.1. The van der Waals surface area contributed by atoms with Crippen molar-refractivity contribution in [1.82, 2.24) is 15.2 Å². The van der Waals surface area contributed by atoms with Gasteiger partial charge in [-0.25, -0.2) is 4.79 Å². The first-order chi connectivity index (χ1) is 14.8. The highest BCUT2D eigenvalue weighted by atomic mass is 16.5. The van der Waals surface area contributed by atoms with Gasteiger partial charge in [0.15, 0.2) is 0 Å². The van der Waals surface area contributed by atoms with E-state index in [-0.39, 0.29) is 6.42 Å². The van der Waals surface area contributed by atoms with E-state index in [2.05, 4.69) is 10.6 Å².